The molecule has 0 aliphatic carbocycles. The van der Waals surface area contributed by atoms with E-state index in [-0.39, 0.29) is 16.9 Å². The molecule has 76 valence electrons. The van der Waals surface area contributed by atoms with Gasteiger partial charge in [-0.2, -0.15) is 0 Å². The number of halogens is 2. The lowest BCUT2D eigenvalue weighted by Crippen LogP contribution is -2.22. The van der Waals surface area contributed by atoms with E-state index < -0.39 is 0 Å². The van der Waals surface area contributed by atoms with Gasteiger partial charge in [-0.25, -0.2) is 4.39 Å². The normalized spacial score (nSPS) is 12.5. The third-order valence-corrected chi connectivity index (χ3v) is 2.27. The minimum atomic E-state index is -0.378. The molecule has 0 aliphatic heterocycles. The van der Waals surface area contributed by atoms with Gasteiger partial charge in [-0.05, 0) is 24.6 Å². The van der Waals surface area contributed by atoms with Gasteiger partial charge in [0.2, 0.25) is 0 Å². The Morgan fingerprint density at radius 3 is 2.93 bits per heavy atom. The number of hydrogen-bond donors (Lipinski definition) is 1. The topological polar surface area (TPSA) is 12.0 Å². The zero-order valence-corrected chi connectivity index (χ0v) is 8.81. The fourth-order valence-electron chi connectivity index (χ4n) is 1.01. The molecular formula is C11H13ClFN. The molecule has 0 spiro atoms. The monoisotopic (exact) mass is 213 g/mol. The second-order valence-electron chi connectivity index (χ2n) is 3.15. The van der Waals surface area contributed by atoms with Gasteiger partial charge in [0.1, 0.15) is 5.82 Å². The van der Waals surface area contributed by atoms with Crippen LogP contribution in [0.25, 0.3) is 0 Å². The molecule has 0 amide bonds. The molecular weight excluding hydrogens is 201 g/mol. The lowest BCUT2D eigenvalue weighted by Gasteiger charge is -2.09. The van der Waals surface area contributed by atoms with Crippen LogP contribution in [0.15, 0.2) is 30.9 Å². The van der Waals surface area contributed by atoms with Crippen molar-refractivity contribution in [1.29, 1.82) is 0 Å². The predicted octanol–water partition coefficient (Wildman–Crippen LogP) is 3.14. The molecule has 1 unspecified atom stereocenters. The molecule has 0 radical (unpaired) electrons. The predicted molar refractivity (Wildman–Crippen MR) is 57.9 cm³/mol. The molecule has 1 rings (SSSR count). The molecule has 14 heavy (non-hydrogen) atoms. The maximum Gasteiger partial charge on any atom is 0.142 e. The van der Waals surface area contributed by atoms with Crippen molar-refractivity contribution in [3.8, 4) is 0 Å². The Labute approximate surface area is 88.6 Å². The molecule has 1 atom stereocenters. The molecule has 1 N–H and O–H groups in total. The lowest BCUT2D eigenvalue weighted by molar-refractivity contribution is 0.610. The van der Waals surface area contributed by atoms with Crippen LogP contribution >= 0.6 is 11.6 Å². The molecule has 0 saturated carbocycles. The average molecular weight is 214 g/mol. The molecule has 0 heterocycles. The fourth-order valence-corrected chi connectivity index (χ4v) is 1.13. The van der Waals surface area contributed by atoms with Crippen molar-refractivity contribution in [3.63, 3.8) is 0 Å². The lowest BCUT2D eigenvalue weighted by atomic mass is 10.2. The molecule has 1 aromatic rings. The standard InChI is InChI=1S/C11H13ClFN/c1-3-8(2)14-7-9-4-5-10(12)11(13)6-9/h3-6,8,14H,1,7H2,2H3. The van der Waals surface area contributed by atoms with Gasteiger partial charge in [0.15, 0.2) is 0 Å². The Hall–Kier alpha value is -0.860. The molecule has 0 aliphatic rings. The first-order valence-corrected chi connectivity index (χ1v) is 4.81. The summed E-state index contributed by atoms with van der Waals surface area (Å²) in [4.78, 5) is 0. The third kappa shape index (κ3) is 3.13. The largest absolute Gasteiger partial charge is 0.307 e. The van der Waals surface area contributed by atoms with E-state index in [9.17, 15) is 4.39 Å². The summed E-state index contributed by atoms with van der Waals surface area (Å²) in [7, 11) is 0. The molecule has 0 bridgehead atoms. The molecule has 1 aromatic carbocycles. The van der Waals surface area contributed by atoms with Crippen molar-refractivity contribution < 1.29 is 4.39 Å². The van der Waals surface area contributed by atoms with E-state index in [1.54, 1.807) is 18.2 Å². The maximum atomic E-state index is 13.0. The Morgan fingerprint density at radius 2 is 2.36 bits per heavy atom. The summed E-state index contributed by atoms with van der Waals surface area (Å²) in [5.74, 6) is -0.378. The second-order valence-corrected chi connectivity index (χ2v) is 3.56. The molecule has 1 nitrogen and oxygen atoms in total. The molecule has 0 aromatic heterocycles. The van der Waals surface area contributed by atoms with E-state index in [4.69, 9.17) is 11.6 Å². The summed E-state index contributed by atoms with van der Waals surface area (Å²) in [5.41, 5.74) is 0.876. The SMILES string of the molecule is C=CC(C)NCc1ccc(Cl)c(F)c1. The van der Waals surface area contributed by atoms with Gasteiger partial charge in [-0.1, -0.05) is 23.7 Å². The Kier molecular flexibility index (Phi) is 4.11. The highest BCUT2D eigenvalue weighted by Crippen LogP contribution is 2.15. The van der Waals surface area contributed by atoms with Gasteiger partial charge in [0.25, 0.3) is 0 Å². The maximum absolute atomic E-state index is 13.0. The van der Waals surface area contributed by atoms with E-state index in [1.807, 2.05) is 6.92 Å². The summed E-state index contributed by atoms with van der Waals surface area (Å²) in [6.45, 7) is 6.24. The van der Waals surface area contributed by atoms with Gasteiger partial charge < -0.3 is 5.32 Å². The molecule has 0 saturated heterocycles. The number of hydrogen-bond acceptors (Lipinski definition) is 1. The highest BCUT2D eigenvalue weighted by atomic mass is 35.5. The zero-order valence-electron chi connectivity index (χ0n) is 8.06. The minimum absolute atomic E-state index is 0.158. The number of benzene rings is 1. The highest BCUT2D eigenvalue weighted by molar-refractivity contribution is 6.30. The van der Waals surface area contributed by atoms with E-state index in [2.05, 4.69) is 11.9 Å². The van der Waals surface area contributed by atoms with Crippen LogP contribution in [0.2, 0.25) is 5.02 Å². The third-order valence-electron chi connectivity index (χ3n) is 1.97. The van der Waals surface area contributed by atoms with Crippen LogP contribution in [0, 0.1) is 5.82 Å². The van der Waals surface area contributed by atoms with Crippen molar-refractivity contribution in [2.75, 3.05) is 0 Å². The van der Waals surface area contributed by atoms with Crippen molar-refractivity contribution in [2.45, 2.75) is 19.5 Å². The van der Waals surface area contributed by atoms with Gasteiger partial charge in [-0.3, -0.25) is 0 Å². The summed E-state index contributed by atoms with van der Waals surface area (Å²) in [6.07, 6.45) is 1.80. The summed E-state index contributed by atoms with van der Waals surface area (Å²) < 4.78 is 13.0. The summed E-state index contributed by atoms with van der Waals surface area (Å²) in [5, 5.41) is 3.33. The molecule has 0 fully saturated rings. The van der Waals surface area contributed by atoms with E-state index >= 15 is 0 Å². The van der Waals surface area contributed by atoms with Crippen LogP contribution in [0.1, 0.15) is 12.5 Å². The quantitative estimate of drug-likeness (QED) is 0.758. The first kappa shape index (κ1) is 11.2. The van der Waals surface area contributed by atoms with Crippen LogP contribution in [0.3, 0.4) is 0 Å². The van der Waals surface area contributed by atoms with Crippen LogP contribution < -0.4 is 5.32 Å². The highest BCUT2D eigenvalue weighted by Gasteiger charge is 2.01. The van der Waals surface area contributed by atoms with E-state index in [0.29, 0.717) is 6.54 Å². The van der Waals surface area contributed by atoms with Gasteiger partial charge in [-0.15, -0.1) is 6.58 Å². The van der Waals surface area contributed by atoms with Crippen LogP contribution in [0.4, 0.5) is 4.39 Å². The van der Waals surface area contributed by atoms with Gasteiger partial charge in [0.05, 0.1) is 5.02 Å². The Balaban J connectivity index is 2.59. The van der Waals surface area contributed by atoms with Crippen LogP contribution in [0.5, 0.6) is 0 Å². The Bertz CT molecular complexity index is 325. The second kappa shape index (κ2) is 5.13. The summed E-state index contributed by atoms with van der Waals surface area (Å²) >= 11 is 5.56. The van der Waals surface area contributed by atoms with Crippen LogP contribution in [-0.2, 0) is 6.54 Å². The van der Waals surface area contributed by atoms with Gasteiger partial charge in [0, 0.05) is 12.6 Å². The van der Waals surface area contributed by atoms with E-state index in [0.717, 1.165) is 5.56 Å². The van der Waals surface area contributed by atoms with Crippen molar-refractivity contribution >= 4 is 11.6 Å². The first-order valence-electron chi connectivity index (χ1n) is 4.43. The van der Waals surface area contributed by atoms with Crippen LogP contribution in [-0.4, -0.2) is 6.04 Å². The number of nitrogens with one attached hydrogen (secondary N) is 1. The number of rotatable bonds is 4. The van der Waals surface area contributed by atoms with Crippen molar-refractivity contribution in [2.24, 2.45) is 0 Å². The first-order chi connectivity index (χ1) is 6.63. The minimum Gasteiger partial charge on any atom is -0.307 e. The smallest absolute Gasteiger partial charge is 0.142 e. The Morgan fingerprint density at radius 1 is 1.64 bits per heavy atom. The van der Waals surface area contributed by atoms with Gasteiger partial charge >= 0.3 is 0 Å². The zero-order chi connectivity index (χ0) is 10.6. The fraction of sp³-hybridized carbons (Fsp3) is 0.273. The average Bonchev–Trinajstić information content (AvgIpc) is 2.19. The van der Waals surface area contributed by atoms with Crippen molar-refractivity contribution in [1.82, 2.24) is 5.32 Å². The van der Waals surface area contributed by atoms with Crippen molar-refractivity contribution in [3.05, 3.63) is 47.3 Å². The van der Waals surface area contributed by atoms with E-state index in [1.165, 1.54) is 6.07 Å². The summed E-state index contributed by atoms with van der Waals surface area (Å²) in [6, 6.07) is 5.01. The molecule has 3 heteroatoms.